The Labute approximate surface area is 187 Å². The van der Waals surface area contributed by atoms with Gasteiger partial charge in [-0.1, -0.05) is 18.2 Å². The van der Waals surface area contributed by atoms with Crippen molar-refractivity contribution in [2.24, 2.45) is 0 Å². The lowest BCUT2D eigenvalue weighted by molar-refractivity contribution is 0.113. The van der Waals surface area contributed by atoms with Crippen molar-refractivity contribution >= 4 is 28.6 Å². The van der Waals surface area contributed by atoms with E-state index in [-0.39, 0.29) is 18.2 Å². The Kier molecular flexibility index (Phi) is 5.51. The quantitative estimate of drug-likeness (QED) is 0.662. The first-order chi connectivity index (χ1) is 15.6. The van der Waals surface area contributed by atoms with Crippen LogP contribution in [0.25, 0.3) is 10.9 Å². The number of anilines is 2. The summed E-state index contributed by atoms with van der Waals surface area (Å²) in [5.41, 5.74) is 2.04. The van der Waals surface area contributed by atoms with Gasteiger partial charge in [-0.05, 0) is 38.5 Å². The molecule has 5 rings (SSSR count). The van der Waals surface area contributed by atoms with Crippen LogP contribution < -0.4 is 15.1 Å². The Morgan fingerprint density at radius 1 is 1.06 bits per heavy atom. The van der Waals surface area contributed by atoms with Gasteiger partial charge >= 0.3 is 6.09 Å². The molecule has 1 amide bonds. The molecule has 8 nitrogen and oxygen atoms in total. The molecule has 1 N–H and O–H groups in total. The number of rotatable bonds is 5. The first-order valence-corrected chi connectivity index (χ1v) is 11.2. The molecule has 8 heteroatoms. The van der Waals surface area contributed by atoms with E-state index in [4.69, 9.17) is 9.72 Å². The van der Waals surface area contributed by atoms with E-state index in [0.717, 1.165) is 54.3 Å². The fourth-order valence-electron chi connectivity index (χ4n) is 4.43. The van der Waals surface area contributed by atoms with Crippen LogP contribution >= 0.6 is 0 Å². The molecule has 1 atom stereocenters. The lowest BCUT2D eigenvalue weighted by Gasteiger charge is -2.40. The average molecular weight is 433 g/mol. The number of benzene rings is 1. The van der Waals surface area contributed by atoms with Crippen molar-refractivity contribution in [2.75, 3.05) is 36.0 Å². The fraction of sp³-hybridized carbons (Fsp3) is 0.417. The summed E-state index contributed by atoms with van der Waals surface area (Å²) in [4.78, 5) is 30.6. The minimum atomic E-state index is -0.358. The van der Waals surface area contributed by atoms with Crippen LogP contribution in [-0.2, 0) is 4.74 Å². The van der Waals surface area contributed by atoms with Gasteiger partial charge in [-0.3, -0.25) is 4.98 Å². The molecule has 2 aromatic heterocycles. The van der Waals surface area contributed by atoms with Crippen LogP contribution in [0.3, 0.4) is 0 Å². The van der Waals surface area contributed by atoms with Gasteiger partial charge in [-0.2, -0.15) is 0 Å². The summed E-state index contributed by atoms with van der Waals surface area (Å²) in [7, 11) is 0. The van der Waals surface area contributed by atoms with Gasteiger partial charge in [0.15, 0.2) is 5.82 Å². The predicted molar refractivity (Wildman–Crippen MR) is 124 cm³/mol. The lowest BCUT2D eigenvalue weighted by atomic mass is 9.95. The van der Waals surface area contributed by atoms with E-state index in [2.05, 4.69) is 43.3 Å². The normalized spacial score (nSPS) is 18.8. The number of alkyl carbamates (subject to hydrolysis) is 1. The molecule has 0 spiro atoms. The Hall–Kier alpha value is -3.42. The molecule has 2 aliphatic heterocycles. The molecule has 1 unspecified atom stereocenters. The third-order valence-electron chi connectivity index (χ3n) is 6.03. The third kappa shape index (κ3) is 4.17. The van der Waals surface area contributed by atoms with Crippen LogP contribution in [0.4, 0.5) is 16.4 Å². The van der Waals surface area contributed by atoms with E-state index in [0.29, 0.717) is 12.5 Å². The van der Waals surface area contributed by atoms with Crippen molar-refractivity contribution in [3.63, 3.8) is 0 Å². The molecule has 4 heterocycles. The molecule has 166 valence electrons. The molecule has 0 aliphatic carbocycles. The van der Waals surface area contributed by atoms with E-state index >= 15 is 0 Å². The third-order valence-corrected chi connectivity index (χ3v) is 6.03. The van der Waals surface area contributed by atoms with E-state index in [1.54, 1.807) is 12.4 Å². The van der Waals surface area contributed by atoms with Gasteiger partial charge in [0.05, 0.1) is 23.4 Å². The summed E-state index contributed by atoms with van der Waals surface area (Å²) in [6.07, 6.45) is 3.89. The number of hydrogen-bond donors (Lipinski definition) is 1. The number of carbonyl (C=O) groups excluding carboxylic acids is 1. The van der Waals surface area contributed by atoms with Crippen LogP contribution in [-0.4, -0.2) is 59.4 Å². The lowest BCUT2D eigenvalue weighted by Crippen LogP contribution is -2.46. The first kappa shape index (κ1) is 20.5. The molecule has 0 radical (unpaired) electrons. The second-order valence-electron chi connectivity index (χ2n) is 8.76. The Bertz CT molecular complexity index is 1110. The number of nitrogens with one attached hydrogen (secondary N) is 1. The number of amides is 1. The summed E-state index contributed by atoms with van der Waals surface area (Å²) in [6, 6.07) is 12.4. The van der Waals surface area contributed by atoms with E-state index in [1.807, 2.05) is 32.0 Å². The fourth-order valence-corrected chi connectivity index (χ4v) is 4.43. The van der Waals surface area contributed by atoms with Crippen molar-refractivity contribution in [1.82, 2.24) is 20.3 Å². The number of ether oxygens (including phenoxy) is 1. The topological polar surface area (TPSA) is 83.5 Å². The van der Waals surface area contributed by atoms with Gasteiger partial charge in [0, 0.05) is 49.9 Å². The van der Waals surface area contributed by atoms with Gasteiger partial charge in [0.25, 0.3) is 0 Å². The Balaban J connectivity index is 1.24. The molecule has 3 aromatic rings. The van der Waals surface area contributed by atoms with Crippen LogP contribution in [0.1, 0.15) is 31.9 Å². The van der Waals surface area contributed by atoms with Gasteiger partial charge in [0.1, 0.15) is 5.82 Å². The standard InChI is InChI=1S/C24H28N6O2/c1-16(2)32-24(31)27-19-9-12-29(15-19)23-22(25-10-11-26-23)18-13-30(14-18)21-8-7-17-5-3-4-6-20(17)28-21/h3-8,10-11,16,18-19H,9,12-15H2,1-2H3,(H,27,31). The summed E-state index contributed by atoms with van der Waals surface area (Å²) in [6.45, 7) is 6.98. The second kappa shape index (κ2) is 8.61. The van der Waals surface area contributed by atoms with Crippen molar-refractivity contribution < 1.29 is 9.53 Å². The molecular weight excluding hydrogens is 404 g/mol. The maximum Gasteiger partial charge on any atom is 0.407 e. The summed E-state index contributed by atoms with van der Waals surface area (Å²) < 4.78 is 5.21. The first-order valence-electron chi connectivity index (χ1n) is 11.2. The van der Waals surface area contributed by atoms with E-state index < -0.39 is 0 Å². The molecule has 2 fully saturated rings. The number of fused-ring (bicyclic) bond motifs is 1. The number of pyridine rings is 1. The highest BCUT2D eigenvalue weighted by Gasteiger charge is 2.35. The molecule has 1 aromatic carbocycles. The van der Waals surface area contributed by atoms with E-state index in [1.165, 1.54) is 0 Å². The van der Waals surface area contributed by atoms with Gasteiger partial charge in [0.2, 0.25) is 0 Å². The average Bonchev–Trinajstić information content (AvgIpc) is 3.20. The van der Waals surface area contributed by atoms with E-state index in [9.17, 15) is 4.79 Å². The minimum absolute atomic E-state index is 0.0517. The van der Waals surface area contributed by atoms with Crippen LogP contribution in [0.2, 0.25) is 0 Å². The maximum atomic E-state index is 11.9. The molecule has 0 saturated carbocycles. The molecule has 32 heavy (non-hydrogen) atoms. The SMILES string of the molecule is CC(C)OC(=O)NC1CCN(c2nccnc2C2CN(c3ccc4ccccc4n3)C2)C1. The smallest absolute Gasteiger partial charge is 0.407 e. The van der Waals surface area contributed by atoms with Crippen LogP contribution in [0, 0.1) is 0 Å². The zero-order chi connectivity index (χ0) is 22.1. The predicted octanol–water partition coefficient (Wildman–Crippen LogP) is 3.34. The number of hydrogen-bond acceptors (Lipinski definition) is 7. The number of para-hydroxylation sites is 1. The molecule has 0 bridgehead atoms. The number of aromatic nitrogens is 3. The number of nitrogens with zero attached hydrogens (tertiary/aromatic N) is 5. The van der Waals surface area contributed by atoms with Gasteiger partial charge in [-0.15, -0.1) is 0 Å². The van der Waals surface area contributed by atoms with Gasteiger partial charge in [-0.25, -0.2) is 14.8 Å². The Morgan fingerprint density at radius 3 is 2.72 bits per heavy atom. The van der Waals surface area contributed by atoms with Gasteiger partial charge < -0.3 is 19.9 Å². The molecular formula is C24H28N6O2. The van der Waals surface area contributed by atoms with Crippen molar-refractivity contribution in [3.8, 4) is 0 Å². The maximum absolute atomic E-state index is 11.9. The summed E-state index contributed by atoms with van der Waals surface area (Å²) in [5, 5.41) is 4.11. The minimum Gasteiger partial charge on any atom is -0.447 e. The van der Waals surface area contributed by atoms with Crippen molar-refractivity contribution in [1.29, 1.82) is 0 Å². The van der Waals surface area contributed by atoms with Crippen molar-refractivity contribution in [3.05, 3.63) is 54.5 Å². The highest BCUT2D eigenvalue weighted by Crippen LogP contribution is 2.35. The molecule has 2 saturated heterocycles. The van der Waals surface area contributed by atoms with Crippen molar-refractivity contribution in [2.45, 2.75) is 38.3 Å². The zero-order valence-corrected chi connectivity index (χ0v) is 18.4. The number of carbonyl (C=O) groups is 1. The molecule has 2 aliphatic rings. The summed E-state index contributed by atoms with van der Waals surface area (Å²) >= 11 is 0. The summed E-state index contributed by atoms with van der Waals surface area (Å²) in [5.74, 6) is 2.23. The largest absolute Gasteiger partial charge is 0.447 e. The monoisotopic (exact) mass is 432 g/mol. The van der Waals surface area contributed by atoms with Crippen LogP contribution in [0.5, 0.6) is 0 Å². The van der Waals surface area contributed by atoms with Crippen LogP contribution in [0.15, 0.2) is 48.8 Å². The highest BCUT2D eigenvalue weighted by atomic mass is 16.6. The zero-order valence-electron chi connectivity index (χ0n) is 18.4. The Morgan fingerprint density at radius 2 is 1.88 bits per heavy atom. The second-order valence-corrected chi connectivity index (χ2v) is 8.76. The highest BCUT2D eigenvalue weighted by molar-refractivity contribution is 5.80.